The van der Waals surface area contributed by atoms with Crippen LogP contribution in [0, 0.1) is 0 Å². The lowest BCUT2D eigenvalue weighted by molar-refractivity contribution is 0.0934. The van der Waals surface area contributed by atoms with Crippen LogP contribution >= 0.6 is 0 Å². The van der Waals surface area contributed by atoms with Crippen molar-refractivity contribution in [2.45, 2.75) is 32.9 Å². The van der Waals surface area contributed by atoms with E-state index in [9.17, 15) is 9.59 Å². The van der Waals surface area contributed by atoms with Gasteiger partial charge in [-0.3, -0.25) is 14.6 Å². The minimum Gasteiger partial charge on any atom is -0.350 e. The van der Waals surface area contributed by atoms with Crippen molar-refractivity contribution in [3.05, 3.63) is 65.5 Å². The van der Waals surface area contributed by atoms with Crippen LogP contribution in [-0.2, 0) is 6.54 Å². The summed E-state index contributed by atoms with van der Waals surface area (Å²) in [5.41, 5.74) is 2.08. The quantitative estimate of drug-likeness (QED) is 0.861. The van der Waals surface area contributed by atoms with Gasteiger partial charge in [-0.05, 0) is 43.2 Å². The molecule has 2 aromatic rings. The highest BCUT2D eigenvalue weighted by Gasteiger charge is 2.09. The zero-order valence-electron chi connectivity index (χ0n) is 13.4. The second-order valence-corrected chi connectivity index (χ2v) is 5.40. The van der Waals surface area contributed by atoms with Crippen LogP contribution in [0.3, 0.4) is 0 Å². The number of rotatable bonds is 6. The first-order valence-corrected chi connectivity index (χ1v) is 7.68. The molecule has 1 aromatic carbocycles. The fourth-order valence-corrected chi connectivity index (χ4v) is 1.96. The van der Waals surface area contributed by atoms with E-state index in [1.165, 1.54) is 6.20 Å². The molecule has 0 aliphatic carbocycles. The van der Waals surface area contributed by atoms with Crippen molar-refractivity contribution in [1.29, 1.82) is 0 Å². The largest absolute Gasteiger partial charge is 0.350 e. The number of carbonyl (C=O) groups is 2. The first-order chi connectivity index (χ1) is 11.1. The van der Waals surface area contributed by atoms with Crippen LogP contribution in [0.25, 0.3) is 0 Å². The van der Waals surface area contributed by atoms with Crippen molar-refractivity contribution < 1.29 is 9.59 Å². The van der Waals surface area contributed by atoms with Crippen molar-refractivity contribution in [2.75, 3.05) is 0 Å². The summed E-state index contributed by atoms with van der Waals surface area (Å²) in [7, 11) is 0. The van der Waals surface area contributed by atoms with Gasteiger partial charge in [-0.15, -0.1) is 0 Å². The second kappa shape index (κ2) is 8.08. The number of benzene rings is 1. The van der Waals surface area contributed by atoms with Gasteiger partial charge in [0.1, 0.15) is 0 Å². The lowest BCUT2D eigenvalue weighted by Crippen LogP contribution is -2.31. The van der Waals surface area contributed by atoms with Crippen LogP contribution in [0.2, 0.25) is 0 Å². The summed E-state index contributed by atoms with van der Waals surface area (Å²) in [4.78, 5) is 27.8. The first-order valence-electron chi connectivity index (χ1n) is 7.68. The van der Waals surface area contributed by atoms with Gasteiger partial charge in [0.25, 0.3) is 11.8 Å². The number of hydrogen-bond acceptors (Lipinski definition) is 3. The van der Waals surface area contributed by atoms with E-state index >= 15 is 0 Å². The van der Waals surface area contributed by atoms with Crippen molar-refractivity contribution in [1.82, 2.24) is 15.6 Å². The van der Waals surface area contributed by atoms with Gasteiger partial charge >= 0.3 is 0 Å². The topological polar surface area (TPSA) is 71.1 Å². The second-order valence-electron chi connectivity index (χ2n) is 5.40. The van der Waals surface area contributed by atoms with E-state index < -0.39 is 0 Å². The van der Waals surface area contributed by atoms with E-state index in [2.05, 4.69) is 15.6 Å². The molecule has 0 fully saturated rings. The Bertz CT molecular complexity index is 654. The molecule has 0 saturated heterocycles. The highest BCUT2D eigenvalue weighted by molar-refractivity contribution is 5.94. The Hall–Kier alpha value is -2.69. The SMILES string of the molecule is CC[C@@H](C)NC(=O)c1ccc(CNC(=O)c2cccnc2)cc1. The predicted molar refractivity (Wildman–Crippen MR) is 89.1 cm³/mol. The van der Waals surface area contributed by atoms with Gasteiger partial charge < -0.3 is 10.6 Å². The third-order valence-electron chi connectivity index (χ3n) is 3.58. The molecule has 1 heterocycles. The van der Waals surface area contributed by atoms with Crippen LogP contribution in [0.5, 0.6) is 0 Å². The molecule has 2 rings (SSSR count). The van der Waals surface area contributed by atoms with Gasteiger partial charge in [0.05, 0.1) is 5.56 Å². The van der Waals surface area contributed by atoms with E-state index in [0.717, 1.165) is 12.0 Å². The zero-order valence-corrected chi connectivity index (χ0v) is 13.4. The fourth-order valence-electron chi connectivity index (χ4n) is 1.96. The molecular weight excluding hydrogens is 290 g/mol. The monoisotopic (exact) mass is 311 g/mol. The molecule has 0 aliphatic rings. The van der Waals surface area contributed by atoms with Crippen molar-refractivity contribution in [3.63, 3.8) is 0 Å². The Morgan fingerprint density at radius 2 is 1.83 bits per heavy atom. The van der Waals surface area contributed by atoms with Crippen LogP contribution in [0.15, 0.2) is 48.8 Å². The van der Waals surface area contributed by atoms with E-state index in [1.807, 2.05) is 26.0 Å². The molecule has 2 amide bonds. The Kier molecular flexibility index (Phi) is 5.86. The third kappa shape index (κ3) is 4.92. The van der Waals surface area contributed by atoms with Crippen molar-refractivity contribution in [3.8, 4) is 0 Å². The summed E-state index contributed by atoms with van der Waals surface area (Å²) in [6.07, 6.45) is 4.04. The number of nitrogens with zero attached hydrogens (tertiary/aromatic N) is 1. The van der Waals surface area contributed by atoms with E-state index in [4.69, 9.17) is 0 Å². The number of carbonyl (C=O) groups excluding carboxylic acids is 2. The van der Waals surface area contributed by atoms with Gasteiger partial charge in [-0.2, -0.15) is 0 Å². The molecule has 120 valence electrons. The molecule has 1 aromatic heterocycles. The maximum atomic E-state index is 12.0. The highest BCUT2D eigenvalue weighted by atomic mass is 16.2. The van der Waals surface area contributed by atoms with E-state index in [0.29, 0.717) is 17.7 Å². The zero-order chi connectivity index (χ0) is 16.7. The Labute approximate surface area is 136 Å². The summed E-state index contributed by atoms with van der Waals surface area (Å²) in [5.74, 6) is -0.248. The predicted octanol–water partition coefficient (Wildman–Crippen LogP) is 2.54. The molecule has 0 spiro atoms. The molecule has 0 unspecified atom stereocenters. The molecule has 0 radical (unpaired) electrons. The molecule has 5 nitrogen and oxygen atoms in total. The van der Waals surface area contributed by atoms with Gasteiger partial charge in [-0.1, -0.05) is 19.1 Å². The first kappa shape index (κ1) is 16.7. The molecule has 1 atom stereocenters. The Balaban J connectivity index is 1.90. The van der Waals surface area contributed by atoms with Crippen LogP contribution < -0.4 is 10.6 Å². The highest BCUT2D eigenvalue weighted by Crippen LogP contribution is 2.06. The molecule has 23 heavy (non-hydrogen) atoms. The number of hydrogen-bond donors (Lipinski definition) is 2. The molecule has 0 bridgehead atoms. The fraction of sp³-hybridized carbons (Fsp3) is 0.278. The summed E-state index contributed by atoms with van der Waals surface area (Å²) in [5, 5.41) is 5.75. The lowest BCUT2D eigenvalue weighted by Gasteiger charge is -2.11. The number of aromatic nitrogens is 1. The molecule has 0 saturated carbocycles. The average molecular weight is 311 g/mol. The third-order valence-corrected chi connectivity index (χ3v) is 3.58. The van der Waals surface area contributed by atoms with Crippen LogP contribution in [0.1, 0.15) is 46.5 Å². The van der Waals surface area contributed by atoms with Crippen LogP contribution in [0.4, 0.5) is 0 Å². The minimum absolute atomic E-state index is 0.0784. The number of amides is 2. The van der Waals surface area contributed by atoms with Gasteiger partial charge in [0, 0.05) is 30.5 Å². The van der Waals surface area contributed by atoms with E-state index in [1.54, 1.807) is 30.5 Å². The van der Waals surface area contributed by atoms with Crippen molar-refractivity contribution >= 4 is 11.8 Å². The maximum Gasteiger partial charge on any atom is 0.253 e. The number of pyridine rings is 1. The summed E-state index contributed by atoms with van der Waals surface area (Å²) >= 11 is 0. The number of nitrogens with one attached hydrogen (secondary N) is 2. The molecule has 5 heteroatoms. The Morgan fingerprint density at radius 3 is 2.43 bits per heavy atom. The Morgan fingerprint density at radius 1 is 1.09 bits per heavy atom. The maximum absolute atomic E-state index is 12.0. The standard InChI is InChI=1S/C18H21N3O2/c1-3-13(2)21-18(23)15-8-6-14(7-9-15)11-20-17(22)16-5-4-10-19-12-16/h4-10,12-13H,3,11H2,1-2H3,(H,20,22)(H,21,23)/t13-/m1/s1. The minimum atomic E-state index is -0.170. The van der Waals surface area contributed by atoms with Crippen molar-refractivity contribution in [2.24, 2.45) is 0 Å². The molecule has 2 N–H and O–H groups in total. The normalized spacial score (nSPS) is 11.6. The van der Waals surface area contributed by atoms with E-state index in [-0.39, 0.29) is 17.9 Å². The van der Waals surface area contributed by atoms with Gasteiger partial charge in [-0.25, -0.2) is 0 Å². The average Bonchev–Trinajstić information content (AvgIpc) is 2.60. The summed E-state index contributed by atoms with van der Waals surface area (Å²) in [6, 6.07) is 10.8. The molecule has 0 aliphatic heterocycles. The summed E-state index contributed by atoms with van der Waals surface area (Å²) < 4.78 is 0. The summed E-state index contributed by atoms with van der Waals surface area (Å²) in [6.45, 7) is 4.40. The van der Waals surface area contributed by atoms with Gasteiger partial charge in [0.15, 0.2) is 0 Å². The van der Waals surface area contributed by atoms with Crippen LogP contribution in [-0.4, -0.2) is 22.8 Å². The van der Waals surface area contributed by atoms with Gasteiger partial charge in [0.2, 0.25) is 0 Å². The smallest absolute Gasteiger partial charge is 0.253 e. The molecular formula is C18H21N3O2. The lowest BCUT2D eigenvalue weighted by atomic mass is 10.1.